The van der Waals surface area contributed by atoms with Crippen LogP contribution in [0.1, 0.15) is 15.9 Å². The van der Waals surface area contributed by atoms with Crippen molar-refractivity contribution in [2.45, 2.75) is 18.4 Å². The molecule has 0 aliphatic heterocycles. The van der Waals surface area contributed by atoms with Crippen molar-refractivity contribution < 1.29 is 26.7 Å². The highest BCUT2D eigenvalue weighted by molar-refractivity contribution is 7.92. The van der Waals surface area contributed by atoms with E-state index in [2.05, 4.69) is 10.1 Å². The summed E-state index contributed by atoms with van der Waals surface area (Å²) < 4.78 is 56.7. The van der Waals surface area contributed by atoms with Crippen LogP contribution in [0.15, 0.2) is 77.7 Å². The van der Waals surface area contributed by atoms with Crippen LogP contribution < -0.4 is 14.4 Å². The lowest BCUT2D eigenvalue weighted by atomic mass is 10.2. The maximum atomic E-state index is 13.0. The van der Waals surface area contributed by atoms with E-state index >= 15 is 0 Å². The van der Waals surface area contributed by atoms with E-state index in [0.717, 1.165) is 9.87 Å². The van der Waals surface area contributed by atoms with E-state index in [0.29, 0.717) is 5.69 Å². The van der Waals surface area contributed by atoms with E-state index in [9.17, 15) is 22.0 Å². The first kappa shape index (κ1) is 22.2. The van der Waals surface area contributed by atoms with Crippen molar-refractivity contribution in [1.29, 1.82) is 0 Å². The molecule has 0 unspecified atom stereocenters. The molecule has 0 saturated carbocycles. The first-order valence-electron chi connectivity index (χ1n) is 9.19. The van der Waals surface area contributed by atoms with Crippen LogP contribution in [0.3, 0.4) is 0 Å². The molecular formula is C22H20F2N2O4S. The van der Waals surface area contributed by atoms with E-state index in [-0.39, 0.29) is 21.9 Å². The first-order chi connectivity index (χ1) is 14.7. The molecule has 0 saturated heterocycles. The Kier molecular flexibility index (Phi) is 6.55. The molecule has 0 radical (unpaired) electrons. The summed E-state index contributed by atoms with van der Waals surface area (Å²) in [4.78, 5) is 12.6. The van der Waals surface area contributed by atoms with E-state index in [1.807, 2.05) is 6.92 Å². The molecule has 31 heavy (non-hydrogen) atoms. The van der Waals surface area contributed by atoms with Crippen molar-refractivity contribution in [3.63, 3.8) is 0 Å². The highest BCUT2D eigenvalue weighted by Crippen LogP contribution is 2.27. The Morgan fingerprint density at radius 3 is 2.35 bits per heavy atom. The molecule has 9 heteroatoms. The monoisotopic (exact) mass is 446 g/mol. The summed E-state index contributed by atoms with van der Waals surface area (Å²) in [7, 11) is -2.51. The van der Waals surface area contributed by atoms with Crippen LogP contribution in [0.4, 0.5) is 20.2 Å². The highest BCUT2D eigenvalue weighted by Gasteiger charge is 2.23. The van der Waals surface area contributed by atoms with Gasteiger partial charge < -0.3 is 10.1 Å². The molecule has 0 fully saturated rings. The Bertz CT molecular complexity index is 1180. The zero-order valence-corrected chi connectivity index (χ0v) is 17.6. The predicted molar refractivity (Wildman–Crippen MR) is 114 cm³/mol. The molecule has 162 valence electrons. The van der Waals surface area contributed by atoms with Gasteiger partial charge >= 0.3 is 6.61 Å². The van der Waals surface area contributed by atoms with Crippen LogP contribution in [0.5, 0.6) is 5.75 Å². The number of rotatable bonds is 7. The summed E-state index contributed by atoms with van der Waals surface area (Å²) in [6.07, 6.45) is 0. The maximum Gasteiger partial charge on any atom is 0.387 e. The first-order valence-corrected chi connectivity index (χ1v) is 10.6. The van der Waals surface area contributed by atoms with Crippen molar-refractivity contribution >= 4 is 27.3 Å². The summed E-state index contributed by atoms with van der Waals surface area (Å²) in [6, 6.07) is 18.2. The molecule has 0 aromatic heterocycles. The minimum atomic E-state index is -3.93. The Morgan fingerprint density at radius 2 is 1.68 bits per heavy atom. The number of anilines is 2. The number of para-hydroxylation sites is 2. The fourth-order valence-corrected chi connectivity index (χ4v) is 4.05. The number of sulfonamides is 1. The van der Waals surface area contributed by atoms with Crippen LogP contribution in [0, 0.1) is 6.92 Å². The molecule has 1 amide bonds. The molecule has 0 spiro atoms. The lowest BCUT2D eigenvalue weighted by Crippen LogP contribution is -2.26. The Morgan fingerprint density at radius 1 is 1.00 bits per heavy atom. The summed E-state index contributed by atoms with van der Waals surface area (Å²) in [5, 5.41) is 2.47. The summed E-state index contributed by atoms with van der Waals surface area (Å²) >= 11 is 0. The number of benzene rings is 3. The quantitative estimate of drug-likeness (QED) is 0.572. The Hall–Kier alpha value is -3.46. The van der Waals surface area contributed by atoms with Gasteiger partial charge in [0, 0.05) is 12.6 Å². The number of carbonyl (C=O) groups excluding carboxylic acids is 1. The normalized spacial score (nSPS) is 11.3. The summed E-state index contributed by atoms with van der Waals surface area (Å²) in [5.74, 6) is -0.867. The van der Waals surface area contributed by atoms with Crippen molar-refractivity contribution in [2.75, 3.05) is 16.7 Å². The third kappa shape index (κ3) is 5.18. The van der Waals surface area contributed by atoms with E-state index in [4.69, 9.17) is 0 Å². The van der Waals surface area contributed by atoms with Crippen LogP contribution in [0.25, 0.3) is 0 Å². The van der Waals surface area contributed by atoms with Crippen molar-refractivity contribution in [1.82, 2.24) is 0 Å². The number of carbonyl (C=O) groups is 1. The SMILES string of the molecule is Cc1ccc(N(C)S(=O)(=O)c2cccc(C(=O)Nc3ccccc3OC(F)F)c2)cc1. The molecule has 3 rings (SSSR count). The van der Waals surface area contributed by atoms with Crippen LogP contribution in [0.2, 0.25) is 0 Å². The Labute approximate surface area is 179 Å². The van der Waals surface area contributed by atoms with Gasteiger partial charge in [-0.3, -0.25) is 9.10 Å². The lowest BCUT2D eigenvalue weighted by molar-refractivity contribution is -0.0493. The van der Waals surface area contributed by atoms with Gasteiger partial charge in [0.15, 0.2) is 0 Å². The van der Waals surface area contributed by atoms with Gasteiger partial charge in [-0.15, -0.1) is 0 Å². The number of hydrogen-bond donors (Lipinski definition) is 1. The van der Waals surface area contributed by atoms with Crippen molar-refractivity contribution in [3.05, 3.63) is 83.9 Å². The number of ether oxygens (including phenoxy) is 1. The van der Waals surface area contributed by atoms with E-state index < -0.39 is 22.5 Å². The fourth-order valence-electron chi connectivity index (χ4n) is 2.81. The third-order valence-electron chi connectivity index (χ3n) is 4.50. The molecule has 6 nitrogen and oxygen atoms in total. The topological polar surface area (TPSA) is 75.7 Å². The number of nitrogens with zero attached hydrogens (tertiary/aromatic N) is 1. The average molecular weight is 446 g/mol. The fraction of sp³-hybridized carbons (Fsp3) is 0.136. The largest absolute Gasteiger partial charge is 0.433 e. The summed E-state index contributed by atoms with van der Waals surface area (Å²) in [6.45, 7) is -1.16. The van der Waals surface area contributed by atoms with Gasteiger partial charge in [0.05, 0.1) is 16.3 Å². The van der Waals surface area contributed by atoms with Gasteiger partial charge in [-0.25, -0.2) is 8.42 Å². The molecule has 0 heterocycles. The molecule has 0 atom stereocenters. The number of halogens is 2. The molecule has 0 bridgehead atoms. The number of hydrogen-bond acceptors (Lipinski definition) is 4. The minimum Gasteiger partial charge on any atom is -0.433 e. The minimum absolute atomic E-state index is 0.0397. The average Bonchev–Trinajstić information content (AvgIpc) is 2.75. The Balaban J connectivity index is 1.86. The zero-order chi connectivity index (χ0) is 22.6. The molecule has 0 aliphatic rings. The lowest BCUT2D eigenvalue weighted by Gasteiger charge is -2.20. The van der Waals surface area contributed by atoms with Crippen LogP contribution in [-0.4, -0.2) is 28.0 Å². The molecule has 1 N–H and O–H groups in total. The highest BCUT2D eigenvalue weighted by atomic mass is 32.2. The van der Waals surface area contributed by atoms with E-state index in [1.54, 1.807) is 30.3 Å². The number of amides is 1. The zero-order valence-electron chi connectivity index (χ0n) is 16.7. The van der Waals surface area contributed by atoms with Crippen molar-refractivity contribution in [3.8, 4) is 5.75 Å². The van der Waals surface area contributed by atoms with Crippen molar-refractivity contribution in [2.24, 2.45) is 0 Å². The maximum absolute atomic E-state index is 13.0. The number of nitrogens with one attached hydrogen (secondary N) is 1. The standard InChI is InChI=1S/C22H20F2N2O4S/c1-15-10-12-17(13-11-15)26(2)31(28,29)18-7-5-6-16(14-18)21(27)25-19-8-3-4-9-20(19)30-22(23)24/h3-14,22H,1-2H3,(H,25,27). The van der Waals surface area contributed by atoms with Gasteiger partial charge in [-0.2, -0.15) is 8.78 Å². The second-order valence-corrected chi connectivity index (χ2v) is 8.63. The predicted octanol–water partition coefficient (Wildman–Crippen LogP) is 4.67. The van der Waals surface area contributed by atoms with Gasteiger partial charge in [0.2, 0.25) is 0 Å². The molecule has 3 aromatic rings. The van der Waals surface area contributed by atoms with Gasteiger partial charge in [0.1, 0.15) is 5.75 Å². The summed E-state index contributed by atoms with van der Waals surface area (Å²) in [5.41, 5.74) is 1.55. The smallest absolute Gasteiger partial charge is 0.387 e. The second-order valence-electron chi connectivity index (χ2n) is 6.66. The molecule has 0 aliphatic carbocycles. The molecular weight excluding hydrogens is 426 g/mol. The second kappa shape index (κ2) is 9.13. The van der Waals surface area contributed by atoms with Crippen LogP contribution in [-0.2, 0) is 10.0 Å². The van der Waals surface area contributed by atoms with E-state index in [1.165, 1.54) is 49.5 Å². The number of aryl methyl sites for hydroxylation is 1. The van der Waals surface area contributed by atoms with Gasteiger partial charge in [-0.1, -0.05) is 35.9 Å². The number of alkyl halides is 2. The van der Waals surface area contributed by atoms with Gasteiger partial charge in [0.25, 0.3) is 15.9 Å². The van der Waals surface area contributed by atoms with Crippen LogP contribution >= 0.6 is 0 Å². The molecule has 3 aromatic carbocycles. The third-order valence-corrected chi connectivity index (χ3v) is 6.29. The van der Waals surface area contributed by atoms with Gasteiger partial charge in [-0.05, 0) is 49.4 Å².